The van der Waals surface area contributed by atoms with Crippen LogP contribution in [0.2, 0.25) is 0 Å². The van der Waals surface area contributed by atoms with Gasteiger partial charge in [-0.25, -0.2) is 5.43 Å². The maximum absolute atomic E-state index is 5.87. The first kappa shape index (κ1) is 12.9. The van der Waals surface area contributed by atoms with E-state index in [1.165, 1.54) is 41.5 Å². The highest BCUT2D eigenvalue weighted by molar-refractivity contribution is 5.49. The Morgan fingerprint density at radius 3 is 2.81 bits per heavy atom. The highest BCUT2D eigenvalue weighted by Crippen LogP contribution is 2.36. The van der Waals surface area contributed by atoms with Gasteiger partial charge in [0.15, 0.2) is 0 Å². The van der Waals surface area contributed by atoms with Gasteiger partial charge in [0.05, 0.1) is 12.6 Å². The van der Waals surface area contributed by atoms with Crippen LogP contribution in [0.4, 0.5) is 0 Å². The molecule has 2 aliphatic rings. The number of nitrogens with two attached hydrogens (primary N) is 1. The van der Waals surface area contributed by atoms with Crippen molar-refractivity contribution < 1.29 is 4.74 Å². The summed E-state index contributed by atoms with van der Waals surface area (Å²) in [6.07, 6.45) is 4.65. The van der Waals surface area contributed by atoms with Gasteiger partial charge in [-0.15, -0.1) is 0 Å². The van der Waals surface area contributed by atoms with Crippen molar-refractivity contribution in [3.8, 4) is 5.75 Å². The summed E-state index contributed by atoms with van der Waals surface area (Å²) in [5, 5.41) is 0. The Kier molecular flexibility index (Phi) is 3.17. The van der Waals surface area contributed by atoms with Crippen LogP contribution in [0.3, 0.4) is 0 Å². The van der Waals surface area contributed by atoms with Crippen molar-refractivity contribution in [2.24, 2.45) is 5.84 Å². The number of rotatable bonds is 3. The van der Waals surface area contributed by atoms with Gasteiger partial charge in [0.1, 0.15) is 5.75 Å². The monoisotopic (exact) mass is 280 g/mol. The molecule has 0 amide bonds. The zero-order valence-electron chi connectivity index (χ0n) is 12.1. The molecule has 1 unspecified atom stereocenters. The van der Waals surface area contributed by atoms with Crippen LogP contribution in [-0.4, -0.2) is 6.61 Å². The number of hydrogen-bond acceptors (Lipinski definition) is 3. The second-order valence-corrected chi connectivity index (χ2v) is 5.92. The summed E-state index contributed by atoms with van der Waals surface area (Å²) in [5.74, 6) is 6.89. The molecule has 0 spiro atoms. The van der Waals surface area contributed by atoms with E-state index in [4.69, 9.17) is 10.6 Å². The molecule has 0 bridgehead atoms. The standard InChI is InChI=1S/C18H20N2O/c19-20-17(15-8-7-12-3-1-5-14(12)11-15)16-6-2-4-13-9-10-21-18(13)16/h2,4,6-8,11,17,20H,1,3,5,9-10,19H2. The molecular formula is C18H20N2O. The van der Waals surface area contributed by atoms with Crippen LogP contribution >= 0.6 is 0 Å². The molecule has 0 aromatic heterocycles. The van der Waals surface area contributed by atoms with Gasteiger partial charge in [-0.3, -0.25) is 5.84 Å². The van der Waals surface area contributed by atoms with Gasteiger partial charge < -0.3 is 4.74 Å². The van der Waals surface area contributed by atoms with Crippen molar-refractivity contribution in [1.29, 1.82) is 0 Å². The predicted octanol–water partition coefficient (Wildman–Crippen LogP) is 2.66. The molecule has 3 N–H and O–H groups in total. The lowest BCUT2D eigenvalue weighted by molar-refractivity contribution is 0.350. The minimum Gasteiger partial charge on any atom is -0.493 e. The average molecular weight is 280 g/mol. The van der Waals surface area contributed by atoms with E-state index in [1.54, 1.807) is 0 Å². The predicted molar refractivity (Wildman–Crippen MR) is 83.3 cm³/mol. The minimum absolute atomic E-state index is 0.0102. The molecule has 3 heteroatoms. The SMILES string of the molecule is NNC(c1ccc2c(c1)CCC2)c1cccc2c1OCC2. The fraction of sp³-hybridized carbons (Fsp3) is 0.333. The highest BCUT2D eigenvalue weighted by atomic mass is 16.5. The van der Waals surface area contributed by atoms with E-state index in [2.05, 4.69) is 41.8 Å². The molecule has 3 nitrogen and oxygen atoms in total. The lowest BCUT2D eigenvalue weighted by Gasteiger charge is -2.20. The van der Waals surface area contributed by atoms with E-state index in [0.29, 0.717) is 0 Å². The van der Waals surface area contributed by atoms with E-state index in [0.717, 1.165) is 24.3 Å². The number of para-hydroxylation sites is 1. The molecule has 0 radical (unpaired) electrons. The van der Waals surface area contributed by atoms with Gasteiger partial charge in [-0.2, -0.15) is 0 Å². The van der Waals surface area contributed by atoms with Crippen molar-refractivity contribution >= 4 is 0 Å². The van der Waals surface area contributed by atoms with Gasteiger partial charge >= 0.3 is 0 Å². The summed E-state index contributed by atoms with van der Waals surface area (Å²) in [6.45, 7) is 0.772. The summed E-state index contributed by atoms with van der Waals surface area (Å²) in [6, 6.07) is 13.1. The fourth-order valence-electron chi connectivity index (χ4n) is 3.60. The van der Waals surface area contributed by atoms with E-state index < -0.39 is 0 Å². The quantitative estimate of drug-likeness (QED) is 0.671. The molecule has 2 aromatic carbocycles. The minimum atomic E-state index is -0.0102. The molecule has 0 saturated heterocycles. The number of ether oxygens (including phenoxy) is 1. The largest absolute Gasteiger partial charge is 0.493 e. The number of fused-ring (bicyclic) bond motifs is 2. The van der Waals surface area contributed by atoms with E-state index >= 15 is 0 Å². The number of hydrazine groups is 1. The van der Waals surface area contributed by atoms with Crippen LogP contribution in [0.1, 0.15) is 40.3 Å². The first-order valence-corrected chi connectivity index (χ1v) is 7.69. The van der Waals surface area contributed by atoms with Gasteiger partial charge in [0.2, 0.25) is 0 Å². The highest BCUT2D eigenvalue weighted by Gasteiger charge is 2.23. The third kappa shape index (κ3) is 2.13. The van der Waals surface area contributed by atoms with Crippen molar-refractivity contribution in [1.82, 2.24) is 5.43 Å². The first-order valence-electron chi connectivity index (χ1n) is 7.69. The Bertz CT molecular complexity index is 681. The summed E-state index contributed by atoms with van der Waals surface area (Å²) in [7, 11) is 0. The second kappa shape index (κ2) is 5.17. The molecule has 0 fully saturated rings. The fourth-order valence-corrected chi connectivity index (χ4v) is 3.60. The molecule has 1 aliphatic carbocycles. The van der Waals surface area contributed by atoms with Gasteiger partial charge in [0.25, 0.3) is 0 Å². The summed E-state index contributed by atoms with van der Waals surface area (Å²) < 4.78 is 5.83. The van der Waals surface area contributed by atoms with Crippen molar-refractivity contribution in [2.75, 3.05) is 6.61 Å². The van der Waals surface area contributed by atoms with Gasteiger partial charge in [0, 0.05) is 12.0 Å². The summed E-state index contributed by atoms with van der Waals surface area (Å²) in [4.78, 5) is 0. The Labute approximate surface area is 125 Å². The van der Waals surface area contributed by atoms with Crippen LogP contribution in [0.5, 0.6) is 5.75 Å². The van der Waals surface area contributed by atoms with Crippen LogP contribution in [0.15, 0.2) is 36.4 Å². The zero-order chi connectivity index (χ0) is 14.2. The van der Waals surface area contributed by atoms with Crippen LogP contribution in [0, 0.1) is 0 Å². The normalized spacial score (nSPS) is 17.2. The number of benzene rings is 2. The Hall–Kier alpha value is -1.84. The number of hydrogen-bond donors (Lipinski definition) is 2. The molecule has 21 heavy (non-hydrogen) atoms. The Morgan fingerprint density at radius 2 is 1.90 bits per heavy atom. The zero-order valence-corrected chi connectivity index (χ0v) is 12.1. The van der Waals surface area contributed by atoms with Crippen molar-refractivity contribution in [3.05, 3.63) is 64.2 Å². The lowest BCUT2D eigenvalue weighted by atomic mass is 9.94. The number of aryl methyl sites for hydroxylation is 2. The molecule has 1 atom stereocenters. The smallest absolute Gasteiger partial charge is 0.127 e. The molecule has 4 rings (SSSR count). The lowest BCUT2D eigenvalue weighted by Crippen LogP contribution is -2.29. The van der Waals surface area contributed by atoms with Crippen molar-refractivity contribution in [2.45, 2.75) is 31.7 Å². The molecule has 0 saturated carbocycles. The van der Waals surface area contributed by atoms with Gasteiger partial charge in [-0.05, 0) is 41.5 Å². The van der Waals surface area contributed by atoms with Crippen LogP contribution < -0.4 is 16.0 Å². The maximum Gasteiger partial charge on any atom is 0.127 e. The first-order chi connectivity index (χ1) is 10.4. The summed E-state index contributed by atoms with van der Waals surface area (Å²) in [5.41, 5.74) is 9.59. The Balaban J connectivity index is 1.77. The van der Waals surface area contributed by atoms with E-state index in [9.17, 15) is 0 Å². The van der Waals surface area contributed by atoms with Gasteiger partial charge in [-0.1, -0.05) is 36.4 Å². The van der Waals surface area contributed by atoms with E-state index in [1.807, 2.05) is 0 Å². The van der Waals surface area contributed by atoms with Crippen LogP contribution in [-0.2, 0) is 19.3 Å². The topological polar surface area (TPSA) is 47.3 Å². The Morgan fingerprint density at radius 1 is 1.00 bits per heavy atom. The average Bonchev–Trinajstić information content (AvgIpc) is 3.16. The second-order valence-electron chi connectivity index (χ2n) is 5.92. The maximum atomic E-state index is 5.87. The number of nitrogens with one attached hydrogen (secondary N) is 1. The molecular weight excluding hydrogens is 260 g/mol. The molecule has 1 heterocycles. The van der Waals surface area contributed by atoms with Crippen molar-refractivity contribution in [3.63, 3.8) is 0 Å². The molecule has 1 aliphatic heterocycles. The third-order valence-electron chi connectivity index (χ3n) is 4.68. The third-order valence-corrected chi connectivity index (χ3v) is 4.68. The molecule has 2 aromatic rings. The summed E-state index contributed by atoms with van der Waals surface area (Å²) >= 11 is 0. The van der Waals surface area contributed by atoms with E-state index in [-0.39, 0.29) is 6.04 Å². The molecule has 108 valence electrons. The van der Waals surface area contributed by atoms with Crippen LogP contribution in [0.25, 0.3) is 0 Å².